The lowest BCUT2D eigenvalue weighted by molar-refractivity contribution is 0.234. The van der Waals surface area contributed by atoms with E-state index in [2.05, 4.69) is 34.9 Å². The van der Waals surface area contributed by atoms with E-state index >= 15 is 0 Å². The van der Waals surface area contributed by atoms with Gasteiger partial charge in [0.15, 0.2) is 0 Å². The third-order valence-electron chi connectivity index (χ3n) is 6.18. The summed E-state index contributed by atoms with van der Waals surface area (Å²) >= 11 is 0. The molecule has 4 aromatic rings. The van der Waals surface area contributed by atoms with Crippen molar-refractivity contribution >= 4 is 22.2 Å². The summed E-state index contributed by atoms with van der Waals surface area (Å²) in [6.45, 7) is 7.19. The van der Waals surface area contributed by atoms with Crippen LogP contribution in [0.15, 0.2) is 47.5 Å². The van der Waals surface area contributed by atoms with Gasteiger partial charge in [0.1, 0.15) is 5.65 Å². The van der Waals surface area contributed by atoms with Crippen molar-refractivity contribution in [3.63, 3.8) is 0 Å². The maximum absolute atomic E-state index is 13.0. The highest BCUT2D eigenvalue weighted by atomic mass is 16.1. The summed E-state index contributed by atoms with van der Waals surface area (Å²) in [5.41, 5.74) is 5.33. The second kappa shape index (κ2) is 6.95. The zero-order valence-corrected chi connectivity index (χ0v) is 17.8. The van der Waals surface area contributed by atoms with E-state index in [4.69, 9.17) is 4.98 Å². The first kappa shape index (κ1) is 18.8. The summed E-state index contributed by atoms with van der Waals surface area (Å²) in [6.07, 6.45) is 3.91. The third kappa shape index (κ3) is 3.15. The molecule has 0 aliphatic carbocycles. The molecule has 30 heavy (non-hydrogen) atoms. The highest BCUT2D eigenvalue weighted by Crippen LogP contribution is 2.26. The standard InChI is InChI=1S/C23H26N6O/c1-15-9-17(10-18-13-27(4)25-23(15)18)20-11-22(30)29-14-19(5-6-21(29)24-20)28-8-7-26(3)16(2)12-28/h5-6,9-11,13-14,16H,7-8,12H2,1-4H3/t16-/m0/s1. The van der Waals surface area contributed by atoms with Gasteiger partial charge in [0.25, 0.3) is 5.56 Å². The third-order valence-corrected chi connectivity index (χ3v) is 6.18. The molecule has 4 heterocycles. The number of aromatic nitrogens is 4. The van der Waals surface area contributed by atoms with Gasteiger partial charge in [-0.15, -0.1) is 0 Å². The molecule has 3 aromatic heterocycles. The first-order chi connectivity index (χ1) is 14.4. The smallest absolute Gasteiger partial charge is 0.258 e. The number of nitrogens with zero attached hydrogens (tertiary/aromatic N) is 6. The fourth-order valence-corrected chi connectivity index (χ4v) is 4.29. The number of anilines is 1. The number of aryl methyl sites for hydroxylation is 2. The Hall–Kier alpha value is -3.19. The van der Waals surface area contributed by atoms with Gasteiger partial charge >= 0.3 is 0 Å². The van der Waals surface area contributed by atoms with Gasteiger partial charge in [-0.25, -0.2) is 4.98 Å². The molecule has 0 bridgehead atoms. The van der Waals surface area contributed by atoms with E-state index in [1.54, 1.807) is 10.5 Å². The molecular formula is C23H26N6O. The van der Waals surface area contributed by atoms with Crippen molar-refractivity contribution in [2.45, 2.75) is 19.9 Å². The molecular weight excluding hydrogens is 376 g/mol. The van der Waals surface area contributed by atoms with Crippen LogP contribution in [0, 0.1) is 6.92 Å². The van der Waals surface area contributed by atoms with Crippen LogP contribution in [0.25, 0.3) is 27.8 Å². The monoisotopic (exact) mass is 402 g/mol. The number of piperazine rings is 1. The molecule has 1 saturated heterocycles. The van der Waals surface area contributed by atoms with Crippen LogP contribution in [-0.2, 0) is 7.05 Å². The normalized spacial score (nSPS) is 17.9. The molecule has 0 N–H and O–H groups in total. The van der Waals surface area contributed by atoms with Crippen LogP contribution >= 0.6 is 0 Å². The maximum atomic E-state index is 13.0. The lowest BCUT2D eigenvalue weighted by atomic mass is 10.1. The van der Waals surface area contributed by atoms with E-state index < -0.39 is 0 Å². The molecule has 0 radical (unpaired) electrons. The minimum Gasteiger partial charge on any atom is -0.367 e. The second-order valence-electron chi connectivity index (χ2n) is 8.40. The second-order valence-corrected chi connectivity index (χ2v) is 8.40. The molecule has 1 aliphatic rings. The van der Waals surface area contributed by atoms with Crippen molar-refractivity contribution in [1.29, 1.82) is 0 Å². The summed E-state index contributed by atoms with van der Waals surface area (Å²) in [5, 5.41) is 5.55. The van der Waals surface area contributed by atoms with Crippen molar-refractivity contribution in [2.24, 2.45) is 7.05 Å². The molecule has 7 nitrogen and oxygen atoms in total. The van der Waals surface area contributed by atoms with Crippen LogP contribution in [-0.4, -0.2) is 56.8 Å². The summed E-state index contributed by atoms with van der Waals surface area (Å²) in [4.78, 5) is 22.4. The molecule has 7 heteroatoms. The van der Waals surface area contributed by atoms with Crippen LogP contribution in [0.4, 0.5) is 5.69 Å². The number of pyridine rings is 1. The SMILES string of the molecule is Cc1cc(-c2cc(=O)n3cc(N4CCN(C)[C@@H](C)C4)ccc3n2)cc2cn(C)nc12. The minimum atomic E-state index is -0.0667. The van der Waals surface area contributed by atoms with Crippen LogP contribution < -0.4 is 10.5 Å². The van der Waals surface area contributed by atoms with E-state index in [0.29, 0.717) is 17.4 Å². The van der Waals surface area contributed by atoms with Gasteiger partial charge < -0.3 is 9.80 Å². The number of rotatable bonds is 2. The van der Waals surface area contributed by atoms with Crippen molar-refractivity contribution in [2.75, 3.05) is 31.6 Å². The molecule has 1 aliphatic heterocycles. The molecule has 154 valence electrons. The predicted molar refractivity (Wildman–Crippen MR) is 120 cm³/mol. The van der Waals surface area contributed by atoms with Crippen LogP contribution in [0.5, 0.6) is 0 Å². The molecule has 0 unspecified atom stereocenters. The number of benzene rings is 1. The Kier molecular flexibility index (Phi) is 4.36. The van der Waals surface area contributed by atoms with Crippen molar-refractivity contribution in [3.8, 4) is 11.3 Å². The molecule has 1 aromatic carbocycles. The number of hydrogen-bond donors (Lipinski definition) is 0. The van der Waals surface area contributed by atoms with E-state index in [1.165, 1.54) is 0 Å². The van der Waals surface area contributed by atoms with Crippen LogP contribution in [0.3, 0.4) is 0 Å². The lowest BCUT2D eigenvalue weighted by Crippen LogP contribution is -2.50. The predicted octanol–water partition coefficient (Wildman–Crippen LogP) is 2.70. The zero-order valence-electron chi connectivity index (χ0n) is 17.8. The van der Waals surface area contributed by atoms with E-state index in [9.17, 15) is 4.79 Å². The van der Waals surface area contributed by atoms with E-state index in [0.717, 1.165) is 47.4 Å². The fourth-order valence-electron chi connectivity index (χ4n) is 4.29. The van der Waals surface area contributed by atoms with Gasteiger partial charge in [-0.05, 0) is 50.7 Å². The van der Waals surface area contributed by atoms with Crippen molar-refractivity contribution < 1.29 is 0 Å². The highest BCUT2D eigenvalue weighted by Gasteiger charge is 2.21. The van der Waals surface area contributed by atoms with Crippen LogP contribution in [0.1, 0.15) is 12.5 Å². The fraction of sp³-hybridized carbons (Fsp3) is 0.348. The van der Waals surface area contributed by atoms with Gasteiger partial charge in [0.2, 0.25) is 0 Å². The van der Waals surface area contributed by atoms with Gasteiger partial charge in [-0.2, -0.15) is 5.10 Å². The van der Waals surface area contributed by atoms with Gasteiger partial charge in [-0.3, -0.25) is 13.9 Å². The van der Waals surface area contributed by atoms with Gasteiger partial charge in [0, 0.05) is 62.1 Å². The molecule has 0 saturated carbocycles. The quantitative estimate of drug-likeness (QED) is 0.516. The van der Waals surface area contributed by atoms with Gasteiger partial charge in [-0.1, -0.05) is 0 Å². The van der Waals surface area contributed by atoms with E-state index in [1.807, 2.05) is 49.2 Å². The highest BCUT2D eigenvalue weighted by molar-refractivity contribution is 5.86. The topological polar surface area (TPSA) is 58.7 Å². The maximum Gasteiger partial charge on any atom is 0.258 e. The molecule has 5 rings (SSSR count). The molecule has 0 amide bonds. The summed E-state index contributed by atoms with van der Waals surface area (Å²) in [7, 11) is 4.07. The first-order valence-corrected chi connectivity index (χ1v) is 10.3. The number of fused-ring (bicyclic) bond motifs is 2. The average molecular weight is 403 g/mol. The first-order valence-electron chi connectivity index (χ1n) is 10.3. The van der Waals surface area contributed by atoms with Crippen molar-refractivity contribution in [3.05, 3.63) is 58.6 Å². The van der Waals surface area contributed by atoms with Crippen LogP contribution in [0.2, 0.25) is 0 Å². The minimum absolute atomic E-state index is 0.0667. The Balaban J connectivity index is 1.56. The summed E-state index contributed by atoms with van der Waals surface area (Å²) in [5.74, 6) is 0. The number of likely N-dealkylation sites (N-methyl/N-ethyl adjacent to an activating group) is 1. The van der Waals surface area contributed by atoms with Crippen molar-refractivity contribution in [1.82, 2.24) is 24.1 Å². The van der Waals surface area contributed by atoms with E-state index in [-0.39, 0.29) is 5.56 Å². The molecule has 1 atom stereocenters. The summed E-state index contributed by atoms with van der Waals surface area (Å²) in [6, 6.07) is 10.2. The Morgan fingerprint density at radius 1 is 1.07 bits per heavy atom. The lowest BCUT2D eigenvalue weighted by Gasteiger charge is -2.39. The Bertz CT molecular complexity index is 1320. The average Bonchev–Trinajstić information content (AvgIpc) is 3.10. The molecule has 0 spiro atoms. The zero-order chi connectivity index (χ0) is 21.0. The Labute approximate surface area is 175 Å². The summed E-state index contributed by atoms with van der Waals surface area (Å²) < 4.78 is 3.46. The van der Waals surface area contributed by atoms with Gasteiger partial charge in [0.05, 0.1) is 16.9 Å². The Morgan fingerprint density at radius 2 is 1.90 bits per heavy atom. The Morgan fingerprint density at radius 3 is 2.70 bits per heavy atom. The largest absolute Gasteiger partial charge is 0.367 e. The molecule has 1 fully saturated rings. The number of hydrogen-bond acceptors (Lipinski definition) is 5.